The zero-order valence-electron chi connectivity index (χ0n) is 11.3. The second kappa shape index (κ2) is 4.16. The van der Waals surface area contributed by atoms with Crippen molar-refractivity contribution >= 4 is 16.9 Å². The van der Waals surface area contributed by atoms with Crippen LogP contribution in [-0.4, -0.2) is 15.6 Å². The molecule has 1 aromatic carbocycles. The van der Waals surface area contributed by atoms with Gasteiger partial charge in [0.05, 0.1) is 5.52 Å². The SMILES string of the molecule is O=C(O)c1cn2c3c(c(F)ccc3c1=O)C1CCCCC12. The lowest BCUT2D eigenvalue weighted by molar-refractivity contribution is 0.0694. The number of fused-ring (bicyclic) bond motifs is 3. The molecule has 4 nitrogen and oxygen atoms in total. The number of carboxylic acid groups (broad SMARTS) is 1. The van der Waals surface area contributed by atoms with E-state index in [1.54, 1.807) is 0 Å². The number of carboxylic acids is 1. The summed E-state index contributed by atoms with van der Waals surface area (Å²) in [5, 5.41) is 9.55. The van der Waals surface area contributed by atoms with Crippen molar-refractivity contribution in [1.29, 1.82) is 0 Å². The van der Waals surface area contributed by atoms with Crippen LogP contribution in [0.5, 0.6) is 0 Å². The van der Waals surface area contributed by atoms with E-state index in [1.165, 1.54) is 18.3 Å². The van der Waals surface area contributed by atoms with E-state index in [4.69, 9.17) is 0 Å². The zero-order chi connectivity index (χ0) is 14.7. The van der Waals surface area contributed by atoms with Crippen molar-refractivity contribution in [3.8, 4) is 0 Å². The van der Waals surface area contributed by atoms with Crippen LogP contribution in [0.25, 0.3) is 10.9 Å². The molecule has 2 atom stereocenters. The van der Waals surface area contributed by atoms with E-state index in [9.17, 15) is 19.1 Å². The fourth-order valence-corrected chi connectivity index (χ4v) is 4.00. The van der Waals surface area contributed by atoms with E-state index in [2.05, 4.69) is 0 Å². The quantitative estimate of drug-likeness (QED) is 0.877. The predicted molar refractivity (Wildman–Crippen MR) is 75.4 cm³/mol. The molecule has 2 unspecified atom stereocenters. The zero-order valence-corrected chi connectivity index (χ0v) is 11.3. The molecule has 1 aromatic heterocycles. The van der Waals surface area contributed by atoms with E-state index in [0.717, 1.165) is 25.7 Å². The van der Waals surface area contributed by atoms with Gasteiger partial charge in [-0.1, -0.05) is 12.8 Å². The minimum Gasteiger partial charge on any atom is -0.477 e. The maximum Gasteiger partial charge on any atom is 0.341 e. The van der Waals surface area contributed by atoms with Crippen molar-refractivity contribution in [3.63, 3.8) is 0 Å². The summed E-state index contributed by atoms with van der Waals surface area (Å²) in [5.41, 5.74) is 0.452. The fourth-order valence-electron chi connectivity index (χ4n) is 4.00. The summed E-state index contributed by atoms with van der Waals surface area (Å²) in [6, 6.07) is 2.79. The number of nitrogens with zero attached hydrogens (tertiary/aromatic N) is 1. The van der Waals surface area contributed by atoms with E-state index < -0.39 is 11.4 Å². The Morgan fingerprint density at radius 2 is 2.05 bits per heavy atom. The largest absolute Gasteiger partial charge is 0.477 e. The average Bonchev–Trinajstić information content (AvgIpc) is 2.80. The molecule has 1 saturated carbocycles. The number of halogens is 1. The Hall–Kier alpha value is -2.17. The Labute approximate surface area is 119 Å². The highest BCUT2D eigenvalue weighted by atomic mass is 19.1. The van der Waals surface area contributed by atoms with Crippen LogP contribution >= 0.6 is 0 Å². The van der Waals surface area contributed by atoms with Gasteiger partial charge in [0.25, 0.3) is 0 Å². The smallest absolute Gasteiger partial charge is 0.341 e. The van der Waals surface area contributed by atoms with Crippen LogP contribution in [0.15, 0.2) is 23.1 Å². The molecule has 1 aliphatic carbocycles. The maximum absolute atomic E-state index is 14.3. The number of hydrogen-bond donors (Lipinski definition) is 1. The van der Waals surface area contributed by atoms with Crippen LogP contribution in [0, 0.1) is 5.82 Å². The summed E-state index contributed by atoms with van der Waals surface area (Å²) in [4.78, 5) is 23.6. The van der Waals surface area contributed by atoms with Crippen LogP contribution in [0.3, 0.4) is 0 Å². The summed E-state index contributed by atoms with van der Waals surface area (Å²) < 4.78 is 16.1. The van der Waals surface area contributed by atoms with Crippen molar-refractivity contribution in [2.45, 2.75) is 37.6 Å². The number of hydrogen-bond acceptors (Lipinski definition) is 2. The van der Waals surface area contributed by atoms with Gasteiger partial charge in [-0.25, -0.2) is 9.18 Å². The van der Waals surface area contributed by atoms with Gasteiger partial charge in [-0.15, -0.1) is 0 Å². The molecule has 0 radical (unpaired) electrons. The number of pyridine rings is 1. The van der Waals surface area contributed by atoms with E-state index in [-0.39, 0.29) is 23.3 Å². The summed E-state index contributed by atoms with van der Waals surface area (Å²) in [6.07, 6.45) is 5.29. The van der Waals surface area contributed by atoms with Gasteiger partial charge in [0, 0.05) is 29.1 Å². The predicted octanol–water partition coefficient (Wildman–Crippen LogP) is 3.05. The Balaban J connectivity index is 2.14. The summed E-state index contributed by atoms with van der Waals surface area (Å²) in [6.45, 7) is 0. The van der Waals surface area contributed by atoms with Crippen LogP contribution in [-0.2, 0) is 0 Å². The van der Waals surface area contributed by atoms with Crippen molar-refractivity contribution in [2.75, 3.05) is 0 Å². The van der Waals surface area contributed by atoms with Gasteiger partial charge in [-0.3, -0.25) is 4.79 Å². The third-order valence-corrected chi connectivity index (χ3v) is 4.87. The summed E-state index contributed by atoms with van der Waals surface area (Å²) in [7, 11) is 0. The first-order chi connectivity index (χ1) is 10.1. The minimum absolute atomic E-state index is 0.0610. The lowest BCUT2D eigenvalue weighted by atomic mass is 9.82. The number of rotatable bonds is 1. The number of carbonyl (C=O) groups is 1. The van der Waals surface area contributed by atoms with Crippen molar-refractivity contribution < 1.29 is 14.3 Å². The van der Waals surface area contributed by atoms with Gasteiger partial charge in [0.15, 0.2) is 0 Å². The topological polar surface area (TPSA) is 59.3 Å². The summed E-state index contributed by atoms with van der Waals surface area (Å²) >= 11 is 0. The Morgan fingerprint density at radius 3 is 2.81 bits per heavy atom. The van der Waals surface area contributed by atoms with Gasteiger partial charge < -0.3 is 9.67 Å². The third-order valence-electron chi connectivity index (χ3n) is 4.87. The first kappa shape index (κ1) is 12.6. The van der Waals surface area contributed by atoms with Gasteiger partial charge in [0.2, 0.25) is 5.43 Å². The Kier molecular flexibility index (Phi) is 2.49. The highest BCUT2D eigenvalue weighted by molar-refractivity contribution is 5.94. The number of aromatic nitrogens is 1. The Morgan fingerprint density at radius 1 is 1.29 bits per heavy atom. The third kappa shape index (κ3) is 1.54. The monoisotopic (exact) mass is 287 g/mol. The molecule has 2 heterocycles. The van der Waals surface area contributed by atoms with Crippen LogP contribution in [0.2, 0.25) is 0 Å². The lowest BCUT2D eigenvalue weighted by Gasteiger charge is -2.27. The highest BCUT2D eigenvalue weighted by Crippen LogP contribution is 2.49. The van der Waals surface area contributed by atoms with E-state index in [1.807, 2.05) is 4.57 Å². The van der Waals surface area contributed by atoms with E-state index in [0.29, 0.717) is 16.5 Å². The molecule has 5 heteroatoms. The molecule has 0 amide bonds. The molecule has 2 aromatic rings. The molecule has 0 saturated heterocycles. The normalized spacial score (nSPS) is 23.3. The molecule has 1 fully saturated rings. The van der Waals surface area contributed by atoms with Gasteiger partial charge in [-0.2, -0.15) is 0 Å². The lowest BCUT2D eigenvalue weighted by Crippen LogP contribution is -2.20. The number of benzene rings is 1. The maximum atomic E-state index is 14.3. The summed E-state index contributed by atoms with van der Waals surface area (Å²) in [5.74, 6) is -1.45. The van der Waals surface area contributed by atoms with E-state index >= 15 is 0 Å². The van der Waals surface area contributed by atoms with Crippen molar-refractivity contribution in [3.05, 3.63) is 45.5 Å². The second-order valence-corrected chi connectivity index (χ2v) is 5.90. The molecule has 1 N–H and O–H groups in total. The highest BCUT2D eigenvalue weighted by Gasteiger charge is 2.38. The molecular formula is C16H14FNO3. The first-order valence-electron chi connectivity index (χ1n) is 7.20. The van der Waals surface area contributed by atoms with Crippen LogP contribution in [0.4, 0.5) is 4.39 Å². The minimum atomic E-state index is -1.23. The van der Waals surface area contributed by atoms with Crippen molar-refractivity contribution in [1.82, 2.24) is 4.57 Å². The molecule has 108 valence electrons. The second-order valence-electron chi connectivity index (χ2n) is 5.90. The van der Waals surface area contributed by atoms with Gasteiger partial charge in [-0.05, 0) is 25.0 Å². The van der Waals surface area contributed by atoms with Gasteiger partial charge >= 0.3 is 5.97 Å². The molecule has 1 aliphatic heterocycles. The molecule has 21 heavy (non-hydrogen) atoms. The van der Waals surface area contributed by atoms with Gasteiger partial charge in [0.1, 0.15) is 11.4 Å². The average molecular weight is 287 g/mol. The van der Waals surface area contributed by atoms with Crippen LogP contribution in [0.1, 0.15) is 53.6 Å². The number of aromatic carboxylic acids is 1. The molecule has 4 rings (SSSR count). The molecule has 0 bridgehead atoms. The standard InChI is InChI=1S/C16H14FNO3/c17-11-6-5-9-14-13(11)8-3-1-2-4-12(8)18(14)7-10(15(9)19)16(20)21/h5-8,12H,1-4H2,(H,20,21). The van der Waals surface area contributed by atoms with Crippen LogP contribution < -0.4 is 5.43 Å². The molecule has 2 aliphatic rings. The fraction of sp³-hybridized carbons (Fsp3) is 0.375. The Bertz CT molecular complexity index is 840. The molecule has 0 spiro atoms. The molecular weight excluding hydrogens is 273 g/mol. The first-order valence-corrected chi connectivity index (χ1v) is 7.20. The van der Waals surface area contributed by atoms with Crippen molar-refractivity contribution in [2.24, 2.45) is 0 Å².